The fraction of sp³-hybridized carbons (Fsp3) is 0.250. The minimum Gasteiger partial charge on any atom is -0.278 e. The summed E-state index contributed by atoms with van der Waals surface area (Å²) in [6.07, 6.45) is -6.49. The molecular weight excluding hydrogens is 435 g/mol. The first-order chi connectivity index (χ1) is 12.7. The van der Waals surface area contributed by atoms with Crippen LogP contribution in [0.4, 0.5) is 36.4 Å². The van der Waals surface area contributed by atoms with E-state index in [9.17, 15) is 39.2 Å². The average molecular weight is 447 g/mol. The summed E-state index contributed by atoms with van der Waals surface area (Å²) in [5, 5.41) is -5.57. The summed E-state index contributed by atoms with van der Waals surface area (Å²) < 4.78 is 117. The standard InChI is InChI=1S/C16H12F7NO2S2/c1-10-6-8-11(9-7-10)28(25,26)24-12-4-2-3-5-13(12)27-16(22,23)14(17,18)15(19,20)21/h2-9,24H,1H3. The maximum atomic E-state index is 13.7. The Labute approximate surface area is 160 Å². The number of aryl methyl sites for hydroxylation is 1. The Bertz CT molecular complexity index is 942. The molecule has 0 fully saturated rings. The average Bonchev–Trinajstić information content (AvgIpc) is 2.55. The third-order valence-electron chi connectivity index (χ3n) is 3.42. The van der Waals surface area contributed by atoms with Gasteiger partial charge in [-0.3, -0.25) is 4.72 Å². The van der Waals surface area contributed by atoms with E-state index in [2.05, 4.69) is 0 Å². The van der Waals surface area contributed by atoms with Crippen LogP contribution in [-0.4, -0.2) is 25.8 Å². The molecule has 0 aliphatic carbocycles. The normalized spacial score (nSPS) is 13.4. The maximum absolute atomic E-state index is 13.7. The van der Waals surface area contributed by atoms with Gasteiger partial charge in [-0.2, -0.15) is 30.7 Å². The Kier molecular flexibility index (Phi) is 5.96. The van der Waals surface area contributed by atoms with Crippen molar-refractivity contribution in [3.63, 3.8) is 0 Å². The molecule has 0 saturated heterocycles. The molecule has 0 radical (unpaired) electrons. The van der Waals surface area contributed by atoms with Crippen LogP contribution in [0.3, 0.4) is 0 Å². The van der Waals surface area contributed by atoms with Crippen LogP contribution in [0.2, 0.25) is 0 Å². The largest absolute Gasteiger partial charge is 0.460 e. The Morgan fingerprint density at radius 2 is 1.39 bits per heavy atom. The van der Waals surface area contributed by atoms with E-state index in [1.54, 1.807) is 6.92 Å². The first-order valence-corrected chi connectivity index (χ1v) is 9.67. The molecule has 1 N–H and O–H groups in total. The van der Waals surface area contributed by atoms with Crippen LogP contribution in [-0.2, 0) is 10.0 Å². The van der Waals surface area contributed by atoms with Crippen molar-refractivity contribution in [2.24, 2.45) is 0 Å². The van der Waals surface area contributed by atoms with Crippen LogP contribution >= 0.6 is 11.8 Å². The predicted molar refractivity (Wildman–Crippen MR) is 90.2 cm³/mol. The Hall–Kier alpha value is -1.95. The molecule has 12 heteroatoms. The number of thioether (sulfide) groups is 1. The first-order valence-electron chi connectivity index (χ1n) is 7.37. The fourth-order valence-electron chi connectivity index (χ4n) is 1.93. The molecule has 0 amide bonds. The van der Waals surface area contributed by atoms with E-state index in [0.717, 1.165) is 23.8 Å². The van der Waals surface area contributed by atoms with Crippen molar-refractivity contribution in [3.05, 3.63) is 54.1 Å². The minimum absolute atomic E-state index is 0.245. The van der Waals surface area contributed by atoms with Crippen molar-refractivity contribution in [2.75, 3.05) is 4.72 Å². The molecule has 0 bridgehead atoms. The van der Waals surface area contributed by atoms with Crippen LogP contribution in [0.25, 0.3) is 0 Å². The number of nitrogens with one attached hydrogen (secondary N) is 1. The van der Waals surface area contributed by atoms with E-state index in [0.29, 0.717) is 0 Å². The number of sulfonamides is 1. The van der Waals surface area contributed by atoms with E-state index in [-0.39, 0.29) is 4.90 Å². The zero-order valence-corrected chi connectivity index (χ0v) is 15.5. The van der Waals surface area contributed by atoms with Crippen molar-refractivity contribution < 1.29 is 39.2 Å². The third kappa shape index (κ3) is 4.54. The number of halogens is 7. The molecule has 0 atom stereocenters. The van der Waals surface area contributed by atoms with Crippen molar-refractivity contribution in [2.45, 2.75) is 34.1 Å². The van der Waals surface area contributed by atoms with Crippen molar-refractivity contribution in [1.82, 2.24) is 0 Å². The predicted octanol–water partition coefficient (Wildman–Crippen LogP) is 5.68. The van der Waals surface area contributed by atoms with Crippen molar-refractivity contribution in [3.8, 4) is 0 Å². The maximum Gasteiger partial charge on any atom is 0.460 e. The number of para-hydroxylation sites is 1. The second kappa shape index (κ2) is 7.47. The van der Waals surface area contributed by atoms with Crippen LogP contribution < -0.4 is 4.72 Å². The van der Waals surface area contributed by atoms with Gasteiger partial charge in [0.25, 0.3) is 10.0 Å². The highest BCUT2D eigenvalue weighted by atomic mass is 32.2. The van der Waals surface area contributed by atoms with E-state index in [4.69, 9.17) is 0 Å². The highest BCUT2D eigenvalue weighted by Crippen LogP contribution is 2.54. The molecule has 28 heavy (non-hydrogen) atoms. The van der Waals surface area contributed by atoms with Gasteiger partial charge in [0.05, 0.1) is 10.6 Å². The van der Waals surface area contributed by atoms with Gasteiger partial charge in [0, 0.05) is 4.90 Å². The molecule has 2 aromatic carbocycles. The van der Waals surface area contributed by atoms with Crippen LogP contribution in [0.5, 0.6) is 0 Å². The quantitative estimate of drug-likeness (QED) is 0.458. The summed E-state index contributed by atoms with van der Waals surface area (Å²) >= 11 is -1.09. The highest BCUT2D eigenvalue weighted by Gasteiger charge is 2.73. The first kappa shape index (κ1) is 22.3. The zero-order chi connectivity index (χ0) is 21.4. The highest BCUT2D eigenvalue weighted by molar-refractivity contribution is 8.00. The second-order valence-corrected chi connectivity index (χ2v) is 8.44. The summed E-state index contributed by atoms with van der Waals surface area (Å²) in [6, 6.07) is 9.44. The molecule has 2 rings (SSSR count). The molecule has 0 unspecified atom stereocenters. The molecule has 3 nitrogen and oxygen atoms in total. The SMILES string of the molecule is Cc1ccc(S(=O)(=O)Nc2ccccc2SC(F)(F)C(F)(F)C(F)(F)F)cc1. The van der Waals surface area contributed by atoms with Gasteiger partial charge in [-0.05, 0) is 43.0 Å². The van der Waals surface area contributed by atoms with E-state index in [1.807, 2.05) is 4.72 Å². The topological polar surface area (TPSA) is 46.2 Å². The third-order valence-corrected chi connectivity index (χ3v) is 5.89. The molecular formula is C16H12F7NO2S2. The number of hydrogen-bond donors (Lipinski definition) is 1. The molecule has 0 aliphatic rings. The van der Waals surface area contributed by atoms with E-state index < -0.39 is 49.7 Å². The molecule has 0 spiro atoms. The van der Waals surface area contributed by atoms with Gasteiger partial charge in [-0.25, -0.2) is 8.42 Å². The van der Waals surface area contributed by atoms with Gasteiger partial charge in [0.2, 0.25) is 0 Å². The summed E-state index contributed by atoms with van der Waals surface area (Å²) in [6.45, 7) is 1.69. The van der Waals surface area contributed by atoms with E-state index >= 15 is 0 Å². The minimum atomic E-state index is -6.49. The summed E-state index contributed by atoms with van der Waals surface area (Å²) in [5.41, 5.74) is 0.176. The lowest BCUT2D eigenvalue weighted by Gasteiger charge is -2.28. The Morgan fingerprint density at radius 3 is 1.93 bits per heavy atom. The number of anilines is 1. The van der Waals surface area contributed by atoms with Gasteiger partial charge in [-0.15, -0.1) is 0 Å². The van der Waals surface area contributed by atoms with Gasteiger partial charge < -0.3 is 0 Å². The molecule has 0 saturated carbocycles. The Morgan fingerprint density at radius 1 is 0.857 bits per heavy atom. The second-order valence-electron chi connectivity index (χ2n) is 5.61. The number of rotatable bonds is 6. The zero-order valence-electron chi connectivity index (χ0n) is 13.9. The van der Waals surface area contributed by atoms with Crippen LogP contribution in [0, 0.1) is 6.92 Å². The van der Waals surface area contributed by atoms with Gasteiger partial charge in [0.15, 0.2) is 0 Å². The lowest BCUT2D eigenvalue weighted by Crippen LogP contribution is -2.49. The van der Waals surface area contributed by atoms with Crippen molar-refractivity contribution >= 4 is 27.5 Å². The van der Waals surface area contributed by atoms with Gasteiger partial charge >= 0.3 is 17.4 Å². The fourth-order valence-corrected chi connectivity index (χ4v) is 3.97. The number of hydrogen-bond acceptors (Lipinski definition) is 3. The lowest BCUT2D eigenvalue weighted by molar-refractivity contribution is -0.330. The van der Waals surface area contributed by atoms with E-state index in [1.165, 1.54) is 30.3 Å². The Balaban J connectivity index is 2.37. The molecule has 154 valence electrons. The lowest BCUT2D eigenvalue weighted by atomic mass is 10.2. The van der Waals surface area contributed by atoms with Gasteiger partial charge in [0.1, 0.15) is 0 Å². The smallest absolute Gasteiger partial charge is 0.278 e. The molecule has 0 aromatic heterocycles. The molecule has 0 aliphatic heterocycles. The summed E-state index contributed by atoms with van der Waals surface area (Å²) in [5.74, 6) is -6.33. The monoisotopic (exact) mass is 447 g/mol. The summed E-state index contributed by atoms with van der Waals surface area (Å²) in [7, 11) is -4.29. The number of alkyl halides is 7. The van der Waals surface area contributed by atoms with Crippen LogP contribution in [0.15, 0.2) is 58.3 Å². The summed E-state index contributed by atoms with van der Waals surface area (Å²) in [4.78, 5) is -1.04. The molecule has 0 heterocycles. The molecule has 2 aromatic rings. The van der Waals surface area contributed by atoms with Gasteiger partial charge in [-0.1, -0.05) is 29.8 Å². The van der Waals surface area contributed by atoms with Crippen molar-refractivity contribution in [1.29, 1.82) is 0 Å². The number of benzene rings is 2. The van der Waals surface area contributed by atoms with Crippen LogP contribution in [0.1, 0.15) is 5.56 Å².